The van der Waals surface area contributed by atoms with E-state index in [1.165, 1.54) is 42.4 Å². The van der Waals surface area contributed by atoms with E-state index in [1.807, 2.05) is 0 Å². The second-order valence-corrected chi connectivity index (χ2v) is 11.3. The molecule has 0 aromatic heterocycles. The summed E-state index contributed by atoms with van der Waals surface area (Å²) in [5.41, 5.74) is 7.03. The summed E-state index contributed by atoms with van der Waals surface area (Å²) in [6, 6.07) is 26.2. The number of ether oxygens (including phenoxy) is 4. The minimum Gasteiger partial charge on any atom is -0.371 e. The van der Waals surface area contributed by atoms with E-state index >= 15 is 0 Å². The highest BCUT2D eigenvalue weighted by molar-refractivity contribution is 5.76. The molecule has 6 unspecified atom stereocenters. The largest absolute Gasteiger partial charge is 0.371 e. The van der Waals surface area contributed by atoms with Crippen LogP contribution in [0.15, 0.2) is 72.8 Å². The van der Waals surface area contributed by atoms with Crippen molar-refractivity contribution >= 4 is 17.1 Å². The summed E-state index contributed by atoms with van der Waals surface area (Å²) in [4.78, 5) is 2.31. The van der Waals surface area contributed by atoms with Gasteiger partial charge < -0.3 is 23.8 Å². The highest BCUT2D eigenvalue weighted by Crippen LogP contribution is 2.40. The van der Waals surface area contributed by atoms with Gasteiger partial charge in [-0.05, 0) is 93.0 Å². The van der Waals surface area contributed by atoms with E-state index in [-0.39, 0.29) is 12.2 Å². The summed E-state index contributed by atoms with van der Waals surface area (Å²) >= 11 is 0. The maximum atomic E-state index is 6.24. The van der Waals surface area contributed by atoms with Gasteiger partial charge in [0.25, 0.3) is 0 Å². The number of rotatable bonds is 9. The Hall–Kier alpha value is -2.70. The zero-order chi connectivity index (χ0) is 25.5. The van der Waals surface area contributed by atoms with Gasteiger partial charge in [0.15, 0.2) is 0 Å². The molecule has 2 heterocycles. The van der Waals surface area contributed by atoms with Gasteiger partial charge in [-0.25, -0.2) is 0 Å². The van der Waals surface area contributed by atoms with E-state index < -0.39 is 0 Å². The van der Waals surface area contributed by atoms with Crippen molar-refractivity contribution < 1.29 is 18.9 Å². The van der Waals surface area contributed by atoms with Crippen molar-refractivity contribution in [3.8, 4) is 0 Å². The van der Waals surface area contributed by atoms with Crippen molar-refractivity contribution in [3.05, 3.63) is 89.5 Å². The molecule has 4 fully saturated rings. The molecule has 0 N–H and O–H groups in total. The van der Waals surface area contributed by atoms with Crippen molar-refractivity contribution in [2.45, 2.75) is 95.3 Å². The monoisotopic (exact) mass is 511 g/mol. The first kappa shape index (κ1) is 24.3. The predicted octanol–water partition coefficient (Wildman–Crippen LogP) is 7.14. The third-order valence-corrected chi connectivity index (χ3v) is 8.54. The Morgan fingerprint density at radius 2 is 1.03 bits per heavy atom. The van der Waals surface area contributed by atoms with Crippen LogP contribution in [0.1, 0.15) is 55.2 Å². The molecule has 4 aliphatic rings. The van der Waals surface area contributed by atoms with Crippen LogP contribution in [0.5, 0.6) is 0 Å². The molecule has 5 nitrogen and oxygen atoms in total. The van der Waals surface area contributed by atoms with Crippen LogP contribution in [0, 0.1) is 6.92 Å². The van der Waals surface area contributed by atoms with Gasteiger partial charge in [0.1, 0.15) is 12.2 Å². The highest BCUT2D eigenvalue weighted by Gasteiger charge is 2.48. The first-order chi connectivity index (χ1) is 18.7. The van der Waals surface area contributed by atoms with Crippen LogP contribution in [0.25, 0.3) is 0 Å². The Bertz CT molecular complexity index is 1150. The van der Waals surface area contributed by atoms with Gasteiger partial charge in [0, 0.05) is 17.1 Å². The number of hydrogen-bond donors (Lipinski definition) is 0. The fourth-order valence-electron chi connectivity index (χ4n) is 6.19. The van der Waals surface area contributed by atoms with E-state index in [4.69, 9.17) is 18.9 Å². The molecule has 3 aromatic rings. The van der Waals surface area contributed by atoms with Gasteiger partial charge in [-0.2, -0.15) is 0 Å². The van der Waals surface area contributed by atoms with Gasteiger partial charge in [-0.3, -0.25) is 0 Å². The van der Waals surface area contributed by atoms with E-state index in [2.05, 4.69) is 84.6 Å². The Morgan fingerprint density at radius 3 is 1.47 bits per heavy atom. The van der Waals surface area contributed by atoms with Crippen molar-refractivity contribution in [1.82, 2.24) is 0 Å². The number of nitrogens with zero attached hydrogens (tertiary/aromatic N) is 1. The predicted molar refractivity (Wildman–Crippen MR) is 148 cm³/mol. The molecule has 7 rings (SSSR count). The maximum Gasteiger partial charge on any atom is 0.110 e. The number of aryl methyl sites for hydroxylation is 1. The number of fused-ring (bicyclic) bond motifs is 2. The lowest BCUT2D eigenvalue weighted by molar-refractivity contribution is 0.0135. The van der Waals surface area contributed by atoms with Crippen molar-refractivity contribution in [3.63, 3.8) is 0 Å². The highest BCUT2D eigenvalue weighted by atomic mass is 16.6. The molecule has 0 amide bonds. The average molecular weight is 512 g/mol. The van der Waals surface area contributed by atoms with Gasteiger partial charge in [-0.1, -0.05) is 42.0 Å². The first-order valence-corrected chi connectivity index (χ1v) is 14.3. The molecule has 0 radical (unpaired) electrons. The topological polar surface area (TPSA) is 46.8 Å². The van der Waals surface area contributed by atoms with Crippen LogP contribution in [-0.2, 0) is 32.2 Å². The third kappa shape index (κ3) is 5.26. The van der Waals surface area contributed by atoms with Crippen LogP contribution >= 0.6 is 0 Å². The van der Waals surface area contributed by atoms with Crippen LogP contribution in [-0.4, -0.2) is 36.6 Å². The minimum absolute atomic E-state index is 0.247. The molecule has 0 bridgehead atoms. The molecule has 2 aliphatic carbocycles. The molecule has 2 saturated heterocycles. The summed E-state index contributed by atoms with van der Waals surface area (Å²) in [7, 11) is 0. The first-order valence-electron chi connectivity index (χ1n) is 14.3. The standard InChI is InChI=1S/C33H37NO4/c1-22-8-14-25(15-9-22)34(26-16-10-23(11-17-26)20-35-28-4-2-6-30-32(28)37-30)27-18-12-24(13-19-27)21-36-29-5-3-7-31-33(29)38-31/h8-19,28-33H,2-7,20-21H2,1H3. The molecule has 2 saturated carbocycles. The maximum absolute atomic E-state index is 6.24. The summed E-state index contributed by atoms with van der Waals surface area (Å²) in [6.07, 6.45) is 9.06. The quantitative estimate of drug-likeness (QED) is 0.286. The summed E-state index contributed by atoms with van der Waals surface area (Å²) < 4.78 is 24.0. The van der Waals surface area contributed by atoms with Crippen LogP contribution < -0.4 is 4.90 Å². The fraction of sp³-hybridized carbons (Fsp3) is 0.455. The SMILES string of the molecule is Cc1ccc(N(c2ccc(COC3CCCC4OC34)cc2)c2ccc(COC3CCCC4OC34)cc2)cc1. The second-order valence-electron chi connectivity index (χ2n) is 11.3. The smallest absolute Gasteiger partial charge is 0.110 e. The second kappa shape index (κ2) is 10.5. The minimum atomic E-state index is 0.247. The molecule has 2 aliphatic heterocycles. The van der Waals surface area contributed by atoms with Gasteiger partial charge in [-0.15, -0.1) is 0 Å². The van der Waals surface area contributed by atoms with Crippen molar-refractivity contribution in [2.24, 2.45) is 0 Å². The van der Waals surface area contributed by atoms with Crippen LogP contribution in [0.4, 0.5) is 17.1 Å². The molecular weight excluding hydrogens is 474 g/mol. The fourth-order valence-corrected chi connectivity index (χ4v) is 6.19. The molecular formula is C33H37NO4. The average Bonchev–Trinajstić information content (AvgIpc) is 3.88. The van der Waals surface area contributed by atoms with E-state index in [0.717, 1.165) is 29.9 Å². The lowest BCUT2D eigenvalue weighted by atomic mass is 9.98. The molecule has 198 valence electrons. The van der Waals surface area contributed by atoms with Crippen LogP contribution in [0.2, 0.25) is 0 Å². The lowest BCUT2D eigenvalue weighted by Crippen LogP contribution is -2.25. The van der Waals surface area contributed by atoms with E-state index in [0.29, 0.717) is 37.6 Å². The normalized spacial score (nSPS) is 29.3. The summed E-state index contributed by atoms with van der Waals surface area (Å²) in [6.45, 7) is 3.38. The van der Waals surface area contributed by atoms with Gasteiger partial charge >= 0.3 is 0 Å². The third-order valence-electron chi connectivity index (χ3n) is 8.54. The Labute approximate surface area is 225 Å². The molecule has 5 heteroatoms. The van der Waals surface area contributed by atoms with E-state index in [9.17, 15) is 0 Å². The Morgan fingerprint density at radius 1 is 0.605 bits per heavy atom. The summed E-state index contributed by atoms with van der Waals surface area (Å²) in [5, 5.41) is 0. The summed E-state index contributed by atoms with van der Waals surface area (Å²) in [5.74, 6) is 0. The number of hydrogen-bond acceptors (Lipinski definition) is 5. The van der Waals surface area contributed by atoms with Gasteiger partial charge in [0.2, 0.25) is 0 Å². The van der Waals surface area contributed by atoms with Crippen molar-refractivity contribution in [1.29, 1.82) is 0 Å². The van der Waals surface area contributed by atoms with Crippen molar-refractivity contribution in [2.75, 3.05) is 4.90 Å². The van der Waals surface area contributed by atoms with E-state index in [1.54, 1.807) is 0 Å². The number of benzene rings is 3. The Balaban J connectivity index is 1.05. The molecule has 38 heavy (non-hydrogen) atoms. The van der Waals surface area contributed by atoms with Gasteiger partial charge in [0.05, 0.1) is 37.6 Å². The Kier molecular flexibility index (Phi) is 6.70. The number of anilines is 3. The number of epoxide rings is 2. The lowest BCUT2D eigenvalue weighted by Gasteiger charge is -2.26. The molecule has 3 aromatic carbocycles. The zero-order valence-electron chi connectivity index (χ0n) is 22.1. The molecule has 6 atom stereocenters. The van der Waals surface area contributed by atoms with Crippen LogP contribution in [0.3, 0.4) is 0 Å². The zero-order valence-corrected chi connectivity index (χ0v) is 22.1. The molecule has 0 spiro atoms.